The molecule has 0 spiro atoms. The number of benzene rings is 3. The molecular formula is C33H30F2N4O4Si. The molecule has 2 heterocycles. The predicted octanol–water partition coefficient (Wildman–Crippen LogP) is 8.57. The Morgan fingerprint density at radius 3 is 2.39 bits per heavy atom. The van der Waals surface area contributed by atoms with Crippen LogP contribution >= 0.6 is 0 Å². The molecule has 0 bridgehead atoms. The maximum absolute atomic E-state index is 15.3. The Hall–Kier alpha value is -5.05. The second-order valence-electron chi connectivity index (χ2n) is 11.3. The lowest BCUT2D eigenvalue weighted by atomic mass is 10.0. The number of halogens is 2. The smallest absolute Gasteiger partial charge is 0.417 e. The molecule has 2 aromatic heterocycles. The van der Waals surface area contributed by atoms with E-state index in [1.165, 1.54) is 12.3 Å². The number of nitriles is 1. The molecule has 5 rings (SSSR count). The van der Waals surface area contributed by atoms with Gasteiger partial charge in [-0.1, -0.05) is 50.0 Å². The molecule has 224 valence electrons. The van der Waals surface area contributed by atoms with Crippen molar-refractivity contribution in [2.45, 2.75) is 32.4 Å². The summed E-state index contributed by atoms with van der Waals surface area (Å²) >= 11 is 0. The van der Waals surface area contributed by atoms with E-state index in [-0.39, 0.29) is 23.9 Å². The third kappa shape index (κ3) is 7.29. The molecule has 8 nitrogen and oxygen atoms in total. The van der Waals surface area contributed by atoms with Gasteiger partial charge < -0.3 is 18.8 Å². The Labute approximate surface area is 254 Å². The van der Waals surface area contributed by atoms with Crippen LogP contribution in [-0.4, -0.2) is 30.3 Å². The highest BCUT2D eigenvalue weighted by atomic mass is 28.3. The molecule has 1 amide bonds. The second-order valence-corrected chi connectivity index (χ2v) is 16.9. The van der Waals surface area contributed by atoms with E-state index in [4.69, 9.17) is 14.2 Å². The van der Waals surface area contributed by atoms with Crippen molar-refractivity contribution in [3.8, 4) is 34.4 Å². The van der Waals surface area contributed by atoms with Gasteiger partial charge in [0.15, 0.2) is 17.4 Å². The number of rotatable bonds is 10. The zero-order chi connectivity index (χ0) is 31.3. The van der Waals surface area contributed by atoms with Gasteiger partial charge in [0.25, 0.3) is 0 Å². The van der Waals surface area contributed by atoms with Crippen molar-refractivity contribution in [3.05, 3.63) is 102 Å². The largest absolute Gasteiger partial charge is 0.450 e. The van der Waals surface area contributed by atoms with E-state index in [9.17, 15) is 10.1 Å². The van der Waals surface area contributed by atoms with Gasteiger partial charge in [0.1, 0.15) is 23.9 Å². The Morgan fingerprint density at radius 2 is 1.73 bits per heavy atom. The van der Waals surface area contributed by atoms with Gasteiger partial charge in [-0.3, -0.25) is 5.32 Å². The van der Waals surface area contributed by atoms with Crippen molar-refractivity contribution in [1.29, 1.82) is 5.26 Å². The predicted molar refractivity (Wildman–Crippen MR) is 167 cm³/mol. The first kappa shape index (κ1) is 30.4. The van der Waals surface area contributed by atoms with Crippen molar-refractivity contribution in [2.24, 2.45) is 0 Å². The summed E-state index contributed by atoms with van der Waals surface area (Å²) in [7, 11) is -1.30. The highest BCUT2D eigenvalue weighted by Gasteiger charge is 2.21. The minimum absolute atomic E-state index is 0.145. The molecule has 0 saturated heterocycles. The number of fused-ring (bicyclic) bond motifs is 1. The number of nitrogens with one attached hydrogen (secondary N) is 1. The highest BCUT2D eigenvalue weighted by Crippen LogP contribution is 2.40. The van der Waals surface area contributed by atoms with Gasteiger partial charge in [0, 0.05) is 44.8 Å². The van der Waals surface area contributed by atoms with Crippen LogP contribution in [0.15, 0.2) is 85.2 Å². The topological polar surface area (TPSA) is 98.4 Å². The minimum atomic E-state index is -1.30. The molecule has 11 heteroatoms. The number of carbonyl (C=O) groups excluding carboxylic acids is 1. The van der Waals surface area contributed by atoms with Gasteiger partial charge in [-0.2, -0.15) is 5.26 Å². The number of para-hydroxylation sites is 1. The monoisotopic (exact) mass is 612 g/mol. The molecule has 0 radical (unpaired) electrons. The fourth-order valence-corrected chi connectivity index (χ4v) is 5.19. The van der Waals surface area contributed by atoms with Gasteiger partial charge in [0.05, 0.1) is 22.7 Å². The van der Waals surface area contributed by atoms with E-state index in [2.05, 4.69) is 36.0 Å². The molecule has 0 aliphatic carbocycles. The van der Waals surface area contributed by atoms with Crippen LogP contribution in [-0.2, 0) is 11.5 Å². The number of ether oxygens (including phenoxy) is 3. The summed E-state index contributed by atoms with van der Waals surface area (Å²) in [5.41, 5.74) is 2.28. The average molecular weight is 613 g/mol. The number of aromatic nitrogens is 2. The minimum Gasteiger partial charge on any atom is -0.450 e. The summed E-state index contributed by atoms with van der Waals surface area (Å²) in [6, 6.07) is 21.7. The molecule has 0 aliphatic heterocycles. The fourth-order valence-electron chi connectivity index (χ4n) is 4.43. The maximum Gasteiger partial charge on any atom is 0.417 e. The van der Waals surface area contributed by atoms with Crippen LogP contribution in [0.2, 0.25) is 25.7 Å². The van der Waals surface area contributed by atoms with Gasteiger partial charge in [-0.05, 0) is 41.9 Å². The zero-order valence-corrected chi connectivity index (χ0v) is 25.4. The number of anilines is 1. The summed E-state index contributed by atoms with van der Waals surface area (Å²) in [6.45, 7) is 7.62. The summed E-state index contributed by atoms with van der Waals surface area (Å²) in [6.07, 6.45) is 2.43. The first-order valence-electron chi connectivity index (χ1n) is 13.9. The van der Waals surface area contributed by atoms with Crippen LogP contribution in [0.25, 0.3) is 22.2 Å². The van der Waals surface area contributed by atoms with E-state index in [0.717, 1.165) is 23.7 Å². The van der Waals surface area contributed by atoms with Crippen molar-refractivity contribution in [3.63, 3.8) is 0 Å². The first-order chi connectivity index (χ1) is 21.1. The van der Waals surface area contributed by atoms with Crippen molar-refractivity contribution >= 4 is 30.9 Å². The lowest BCUT2D eigenvalue weighted by molar-refractivity contribution is 0.0899. The van der Waals surface area contributed by atoms with E-state index in [1.807, 2.05) is 10.8 Å². The number of pyridine rings is 1. The second kappa shape index (κ2) is 13.1. The first-order valence-corrected chi connectivity index (χ1v) is 17.6. The van der Waals surface area contributed by atoms with Crippen LogP contribution in [0.3, 0.4) is 0 Å². The summed E-state index contributed by atoms with van der Waals surface area (Å²) in [5.74, 6) is -2.27. The summed E-state index contributed by atoms with van der Waals surface area (Å²) in [4.78, 5) is 16.8. The van der Waals surface area contributed by atoms with Gasteiger partial charge >= 0.3 is 6.09 Å². The number of carbonyl (C=O) groups is 1. The van der Waals surface area contributed by atoms with Gasteiger partial charge in [-0.25, -0.2) is 18.6 Å². The van der Waals surface area contributed by atoms with E-state index in [1.54, 1.807) is 54.6 Å². The van der Waals surface area contributed by atoms with Crippen molar-refractivity contribution in [2.75, 3.05) is 11.9 Å². The van der Waals surface area contributed by atoms with Crippen LogP contribution < -0.4 is 14.8 Å². The Bertz CT molecular complexity index is 1810. The third-order valence-corrected chi connectivity index (χ3v) is 8.39. The van der Waals surface area contributed by atoms with E-state index in [0.29, 0.717) is 28.8 Å². The van der Waals surface area contributed by atoms with Crippen LogP contribution in [0, 0.1) is 23.0 Å². The normalized spacial score (nSPS) is 11.3. The standard InChI is InChI=1S/C33H30F2N4O4Si/c1-44(2,3)16-15-41-21-39-20-26(23-11-9-22(19-36)10-12-23)30-29(13-14-37-32(30)39)43-31-27(34)17-24(18-28(31)35)38-33(40)42-25-7-5-4-6-8-25/h4-14,17-18,20H,15-16,21H2,1-3H3,(H,38,40). The Morgan fingerprint density at radius 1 is 1.02 bits per heavy atom. The molecule has 44 heavy (non-hydrogen) atoms. The van der Waals surface area contributed by atoms with E-state index >= 15 is 8.78 Å². The quantitative estimate of drug-likeness (QED) is 0.125. The number of hydrogen-bond acceptors (Lipinski definition) is 6. The Balaban J connectivity index is 1.45. The molecule has 0 atom stereocenters. The molecule has 3 aromatic carbocycles. The van der Waals surface area contributed by atoms with Crippen LogP contribution in [0.4, 0.5) is 19.3 Å². The van der Waals surface area contributed by atoms with Gasteiger partial charge in [-0.15, -0.1) is 0 Å². The highest BCUT2D eigenvalue weighted by molar-refractivity contribution is 6.76. The molecule has 0 unspecified atom stereocenters. The van der Waals surface area contributed by atoms with Crippen molar-refractivity contribution < 1.29 is 27.8 Å². The lowest BCUT2D eigenvalue weighted by Crippen LogP contribution is -2.22. The summed E-state index contributed by atoms with van der Waals surface area (Å²) < 4.78 is 49.3. The summed E-state index contributed by atoms with van der Waals surface area (Å²) in [5, 5.41) is 12.1. The average Bonchev–Trinajstić information content (AvgIpc) is 3.36. The maximum atomic E-state index is 15.3. The van der Waals surface area contributed by atoms with Crippen molar-refractivity contribution in [1.82, 2.24) is 9.55 Å². The number of hydrogen-bond donors (Lipinski definition) is 1. The molecule has 1 N–H and O–H groups in total. The fraction of sp³-hybridized carbons (Fsp3) is 0.182. The van der Waals surface area contributed by atoms with E-state index < -0.39 is 31.6 Å². The molecular weight excluding hydrogens is 582 g/mol. The molecule has 0 saturated carbocycles. The zero-order valence-electron chi connectivity index (χ0n) is 24.4. The SMILES string of the molecule is C[Si](C)(C)CCOCn1cc(-c2ccc(C#N)cc2)c2c(Oc3c(F)cc(NC(=O)Oc4ccccc4)cc3F)ccnc21. The Kier molecular flexibility index (Phi) is 9.03. The third-order valence-electron chi connectivity index (χ3n) is 6.68. The number of nitrogens with zero attached hydrogens (tertiary/aromatic N) is 3. The molecule has 0 fully saturated rings. The molecule has 5 aromatic rings. The van der Waals surface area contributed by atoms with Gasteiger partial charge in [0.2, 0.25) is 0 Å². The van der Waals surface area contributed by atoms with Crippen LogP contribution in [0.5, 0.6) is 17.2 Å². The lowest BCUT2D eigenvalue weighted by Gasteiger charge is -2.15. The van der Waals surface area contributed by atoms with Crippen LogP contribution in [0.1, 0.15) is 5.56 Å². The number of amides is 1. The molecule has 0 aliphatic rings.